The summed E-state index contributed by atoms with van der Waals surface area (Å²) in [6, 6.07) is 19.1. The molecule has 0 atom stereocenters. The van der Waals surface area contributed by atoms with E-state index >= 15 is 0 Å². The molecule has 2 aliphatic heterocycles. The number of nitrogens with one attached hydrogen (secondary N) is 2. The lowest BCUT2D eigenvalue weighted by atomic mass is 10.1. The minimum Gasteiger partial charge on any atom is -0.481 e. The molecule has 32 heavy (non-hydrogen) atoms. The number of piperazine rings is 1. The van der Waals surface area contributed by atoms with Crippen LogP contribution < -0.4 is 15.5 Å². The monoisotopic (exact) mass is 438 g/mol. The SMILES string of the molecule is CC(=O)O.O=C(NC1CCNCC1)c1ccc(N2CCN(Cc3ccccc3)CC2)cc1. The molecule has 2 aromatic rings. The molecule has 0 aliphatic carbocycles. The molecule has 172 valence electrons. The van der Waals surface area contributed by atoms with Crippen LogP contribution >= 0.6 is 0 Å². The van der Waals surface area contributed by atoms with Gasteiger partial charge in [0, 0.05) is 56.9 Å². The Morgan fingerprint density at radius 2 is 1.56 bits per heavy atom. The molecule has 4 rings (SSSR count). The summed E-state index contributed by atoms with van der Waals surface area (Å²) in [6.07, 6.45) is 2.02. The number of anilines is 1. The van der Waals surface area contributed by atoms with Gasteiger partial charge in [0.15, 0.2) is 0 Å². The van der Waals surface area contributed by atoms with E-state index in [1.807, 2.05) is 12.1 Å². The lowest BCUT2D eigenvalue weighted by Crippen LogP contribution is -2.46. The fourth-order valence-electron chi connectivity index (χ4n) is 4.06. The Labute approximate surface area is 190 Å². The van der Waals surface area contributed by atoms with Gasteiger partial charge in [-0.2, -0.15) is 0 Å². The first-order valence-corrected chi connectivity index (χ1v) is 11.3. The van der Waals surface area contributed by atoms with Gasteiger partial charge in [-0.15, -0.1) is 0 Å². The Morgan fingerprint density at radius 1 is 0.969 bits per heavy atom. The molecule has 2 aliphatic rings. The number of carbonyl (C=O) groups is 2. The van der Waals surface area contributed by atoms with Crippen LogP contribution in [-0.2, 0) is 11.3 Å². The smallest absolute Gasteiger partial charge is 0.300 e. The number of hydrogen-bond donors (Lipinski definition) is 3. The number of aliphatic carboxylic acids is 1. The molecule has 7 nitrogen and oxygen atoms in total. The average Bonchev–Trinajstić information content (AvgIpc) is 2.81. The van der Waals surface area contributed by atoms with Gasteiger partial charge >= 0.3 is 0 Å². The number of nitrogens with zero attached hydrogens (tertiary/aromatic N) is 2. The van der Waals surface area contributed by atoms with E-state index in [9.17, 15) is 4.79 Å². The van der Waals surface area contributed by atoms with E-state index in [1.54, 1.807) is 0 Å². The van der Waals surface area contributed by atoms with E-state index in [4.69, 9.17) is 9.90 Å². The highest BCUT2D eigenvalue weighted by atomic mass is 16.4. The van der Waals surface area contributed by atoms with Crippen LogP contribution in [0.15, 0.2) is 54.6 Å². The van der Waals surface area contributed by atoms with Crippen molar-refractivity contribution in [1.29, 1.82) is 0 Å². The molecule has 3 N–H and O–H groups in total. The Hall–Kier alpha value is -2.90. The van der Waals surface area contributed by atoms with Crippen LogP contribution in [0.5, 0.6) is 0 Å². The standard InChI is InChI=1S/C23H30N4O.C2H4O2/c28-23(25-21-10-12-24-13-11-21)20-6-8-22(9-7-20)27-16-14-26(15-17-27)18-19-4-2-1-3-5-19;1-2(3)4/h1-9,21,24H,10-18H2,(H,25,28);1H3,(H,3,4). The molecule has 2 saturated heterocycles. The molecule has 2 aromatic carbocycles. The van der Waals surface area contributed by atoms with Crippen LogP contribution in [0.3, 0.4) is 0 Å². The van der Waals surface area contributed by atoms with Crippen molar-refractivity contribution in [2.45, 2.75) is 32.4 Å². The number of carboxylic acids is 1. The fraction of sp³-hybridized carbons (Fsp3) is 0.440. The summed E-state index contributed by atoms with van der Waals surface area (Å²) < 4.78 is 0. The molecule has 0 bridgehead atoms. The second-order valence-electron chi connectivity index (χ2n) is 8.31. The summed E-state index contributed by atoms with van der Waals surface area (Å²) in [4.78, 5) is 26.4. The van der Waals surface area contributed by atoms with Crippen molar-refractivity contribution in [3.8, 4) is 0 Å². The summed E-state index contributed by atoms with van der Waals surface area (Å²) in [5, 5.41) is 13.9. The third-order valence-corrected chi connectivity index (χ3v) is 5.79. The topological polar surface area (TPSA) is 84.9 Å². The zero-order valence-electron chi connectivity index (χ0n) is 18.8. The van der Waals surface area contributed by atoms with Gasteiger partial charge in [0.25, 0.3) is 11.9 Å². The van der Waals surface area contributed by atoms with E-state index in [-0.39, 0.29) is 5.91 Å². The number of amides is 1. The molecule has 1 amide bonds. The molecular formula is C25H34N4O3. The van der Waals surface area contributed by atoms with Crippen LogP contribution in [-0.4, -0.2) is 67.2 Å². The lowest BCUT2D eigenvalue weighted by Gasteiger charge is -2.36. The molecule has 0 spiro atoms. The van der Waals surface area contributed by atoms with Gasteiger partial charge in [0.1, 0.15) is 0 Å². The largest absolute Gasteiger partial charge is 0.481 e. The molecule has 7 heteroatoms. The van der Waals surface area contributed by atoms with E-state index in [1.165, 1.54) is 11.3 Å². The molecule has 0 aromatic heterocycles. The molecule has 2 fully saturated rings. The summed E-state index contributed by atoms with van der Waals surface area (Å²) in [7, 11) is 0. The van der Waals surface area contributed by atoms with Crippen LogP contribution in [0.25, 0.3) is 0 Å². The van der Waals surface area contributed by atoms with E-state index in [0.29, 0.717) is 6.04 Å². The van der Waals surface area contributed by atoms with E-state index in [2.05, 4.69) is 62.9 Å². The quantitative estimate of drug-likeness (QED) is 0.666. The van der Waals surface area contributed by atoms with Crippen molar-refractivity contribution in [3.63, 3.8) is 0 Å². The minimum atomic E-state index is -0.833. The van der Waals surface area contributed by atoms with Crippen molar-refractivity contribution in [3.05, 3.63) is 65.7 Å². The Balaban J connectivity index is 0.000000668. The number of carbonyl (C=O) groups excluding carboxylic acids is 1. The van der Waals surface area contributed by atoms with Crippen molar-refractivity contribution in [1.82, 2.24) is 15.5 Å². The predicted octanol–water partition coefficient (Wildman–Crippen LogP) is 2.58. The maximum absolute atomic E-state index is 12.5. The number of rotatable bonds is 5. The van der Waals surface area contributed by atoms with E-state index in [0.717, 1.165) is 71.1 Å². The molecule has 0 unspecified atom stereocenters. The second kappa shape index (κ2) is 12.2. The summed E-state index contributed by atoms with van der Waals surface area (Å²) in [5.74, 6) is -0.786. The summed E-state index contributed by atoms with van der Waals surface area (Å²) >= 11 is 0. The van der Waals surface area contributed by atoms with E-state index < -0.39 is 5.97 Å². The summed E-state index contributed by atoms with van der Waals surface area (Å²) in [5.41, 5.74) is 3.34. The maximum Gasteiger partial charge on any atom is 0.300 e. The maximum atomic E-state index is 12.5. The normalized spacial score (nSPS) is 17.2. The van der Waals surface area contributed by atoms with Crippen molar-refractivity contribution in [2.75, 3.05) is 44.2 Å². The molecule has 0 saturated carbocycles. The van der Waals surface area contributed by atoms with Gasteiger partial charge in [-0.05, 0) is 55.8 Å². The third kappa shape index (κ3) is 7.66. The van der Waals surface area contributed by atoms with Gasteiger partial charge in [-0.25, -0.2) is 0 Å². The number of benzene rings is 2. The summed E-state index contributed by atoms with van der Waals surface area (Å²) in [6.45, 7) is 8.24. The first-order valence-electron chi connectivity index (χ1n) is 11.3. The van der Waals surface area contributed by atoms with Crippen molar-refractivity contribution < 1.29 is 14.7 Å². The van der Waals surface area contributed by atoms with Crippen LogP contribution in [0.2, 0.25) is 0 Å². The number of carboxylic acid groups (broad SMARTS) is 1. The van der Waals surface area contributed by atoms with Gasteiger partial charge < -0.3 is 20.6 Å². The molecular weight excluding hydrogens is 404 g/mol. The van der Waals surface area contributed by atoms with Crippen molar-refractivity contribution in [2.24, 2.45) is 0 Å². The lowest BCUT2D eigenvalue weighted by molar-refractivity contribution is -0.134. The second-order valence-corrected chi connectivity index (χ2v) is 8.31. The highest BCUT2D eigenvalue weighted by molar-refractivity contribution is 5.94. The molecule has 0 radical (unpaired) electrons. The third-order valence-electron chi connectivity index (χ3n) is 5.79. The zero-order valence-corrected chi connectivity index (χ0v) is 18.8. The Bertz CT molecular complexity index is 839. The average molecular weight is 439 g/mol. The van der Waals surface area contributed by atoms with Gasteiger partial charge in [0.2, 0.25) is 0 Å². The van der Waals surface area contributed by atoms with Crippen molar-refractivity contribution >= 4 is 17.6 Å². The Morgan fingerprint density at radius 3 is 2.16 bits per heavy atom. The first kappa shape index (κ1) is 23.8. The first-order chi connectivity index (χ1) is 15.5. The zero-order chi connectivity index (χ0) is 22.8. The highest BCUT2D eigenvalue weighted by Gasteiger charge is 2.19. The molecule has 2 heterocycles. The highest BCUT2D eigenvalue weighted by Crippen LogP contribution is 2.18. The van der Waals surface area contributed by atoms with Crippen LogP contribution in [0, 0.1) is 0 Å². The van der Waals surface area contributed by atoms with Crippen LogP contribution in [0.1, 0.15) is 35.7 Å². The Kier molecular flexibility index (Phi) is 9.07. The minimum absolute atomic E-state index is 0.0473. The van der Waals surface area contributed by atoms with Gasteiger partial charge in [-0.1, -0.05) is 30.3 Å². The van der Waals surface area contributed by atoms with Crippen LogP contribution in [0.4, 0.5) is 5.69 Å². The fourth-order valence-corrected chi connectivity index (χ4v) is 4.06. The van der Waals surface area contributed by atoms with Gasteiger partial charge in [0.05, 0.1) is 0 Å². The number of hydrogen-bond acceptors (Lipinski definition) is 5. The predicted molar refractivity (Wildman–Crippen MR) is 127 cm³/mol. The number of piperidine rings is 1. The van der Waals surface area contributed by atoms with Gasteiger partial charge in [-0.3, -0.25) is 14.5 Å².